The predicted molar refractivity (Wildman–Crippen MR) is 108 cm³/mol. The van der Waals surface area contributed by atoms with Crippen LogP contribution in [0.3, 0.4) is 0 Å². The van der Waals surface area contributed by atoms with E-state index in [4.69, 9.17) is 0 Å². The first kappa shape index (κ1) is 19.4. The van der Waals surface area contributed by atoms with E-state index in [1.54, 1.807) is 6.07 Å². The highest BCUT2D eigenvalue weighted by Crippen LogP contribution is 2.28. The van der Waals surface area contributed by atoms with Crippen LogP contribution < -0.4 is 10.2 Å². The van der Waals surface area contributed by atoms with Crippen LogP contribution in [0, 0.1) is 10.1 Å². The van der Waals surface area contributed by atoms with Gasteiger partial charge in [-0.1, -0.05) is 6.42 Å². The summed E-state index contributed by atoms with van der Waals surface area (Å²) in [6.07, 6.45) is 7.13. The summed E-state index contributed by atoms with van der Waals surface area (Å²) in [4.78, 5) is 25.7. The molecule has 0 radical (unpaired) electrons. The number of carbonyl (C=O) groups is 1. The van der Waals surface area contributed by atoms with E-state index < -0.39 is 4.92 Å². The Balaban J connectivity index is 1.46. The Bertz CT molecular complexity index is 904. The molecule has 9 heteroatoms. The summed E-state index contributed by atoms with van der Waals surface area (Å²) in [6.45, 7) is 3.07. The number of nitrogens with one attached hydrogen (secondary N) is 1. The van der Waals surface area contributed by atoms with Crippen molar-refractivity contribution in [2.24, 2.45) is 0 Å². The maximum atomic E-state index is 12.9. The molecule has 2 aliphatic heterocycles. The average molecular weight is 398 g/mol. The number of aromatic nitrogens is 3. The van der Waals surface area contributed by atoms with Crippen LogP contribution in [0.15, 0.2) is 18.2 Å². The van der Waals surface area contributed by atoms with Gasteiger partial charge in [-0.05, 0) is 31.7 Å². The Morgan fingerprint density at radius 2 is 1.90 bits per heavy atom. The van der Waals surface area contributed by atoms with Gasteiger partial charge < -0.3 is 14.8 Å². The predicted octanol–water partition coefficient (Wildman–Crippen LogP) is 2.49. The number of hydrogen-bond donors (Lipinski definition) is 1. The lowest BCUT2D eigenvalue weighted by molar-refractivity contribution is -0.384. The standard InChI is InChI=1S/C20H26N6O3/c27-20(21-10-9-19-23-22-18-6-2-1-3-13-25(18)19)16-14-15(26(28)29)7-8-17(16)24-11-4-5-12-24/h7-8,14H,1-6,9-13H2,(H,21,27). The quantitative estimate of drug-likeness (QED) is 0.592. The first-order valence-electron chi connectivity index (χ1n) is 10.4. The minimum absolute atomic E-state index is 0.0686. The van der Waals surface area contributed by atoms with Crippen molar-refractivity contribution < 1.29 is 9.72 Å². The lowest BCUT2D eigenvalue weighted by Gasteiger charge is -2.20. The molecule has 2 aromatic rings. The SMILES string of the molecule is O=C(NCCc1nnc2n1CCCCC2)c1cc([N+](=O)[O-])ccc1N1CCCC1. The Hall–Kier alpha value is -2.97. The molecule has 4 rings (SSSR count). The van der Waals surface area contributed by atoms with E-state index in [0.29, 0.717) is 18.5 Å². The summed E-state index contributed by atoms with van der Waals surface area (Å²) >= 11 is 0. The van der Waals surface area contributed by atoms with Crippen molar-refractivity contribution in [2.45, 2.75) is 51.5 Å². The molecule has 9 nitrogen and oxygen atoms in total. The average Bonchev–Trinajstić information content (AvgIpc) is 3.32. The smallest absolute Gasteiger partial charge is 0.270 e. The minimum Gasteiger partial charge on any atom is -0.371 e. The van der Waals surface area contributed by atoms with Crippen molar-refractivity contribution >= 4 is 17.3 Å². The second kappa shape index (κ2) is 8.59. The van der Waals surface area contributed by atoms with E-state index in [2.05, 4.69) is 25.0 Å². The number of nitro benzene ring substituents is 1. The number of aryl methyl sites for hydroxylation is 1. The fraction of sp³-hybridized carbons (Fsp3) is 0.550. The third-order valence-electron chi connectivity index (χ3n) is 5.70. The molecule has 1 aromatic carbocycles. The molecule has 0 aliphatic carbocycles. The van der Waals surface area contributed by atoms with Crippen molar-refractivity contribution in [3.63, 3.8) is 0 Å². The number of rotatable bonds is 6. The number of anilines is 1. The third kappa shape index (κ3) is 4.23. The number of nitrogens with zero attached hydrogens (tertiary/aromatic N) is 5. The summed E-state index contributed by atoms with van der Waals surface area (Å²) in [5, 5.41) is 22.7. The number of nitro groups is 1. The van der Waals surface area contributed by atoms with E-state index >= 15 is 0 Å². The largest absolute Gasteiger partial charge is 0.371 e. The summed E-state index contributed by atoms with van der Waals surface area (Å²) in [5.41, 5.74) is 1.06. The van der Waals surface area contributed by atoms with Crippen LogP contribution >= 0.6 is 0 Å². The van der Waals surface area contributed by atoms with Gasteiger partial charge in [-0.3, -0.25) is 14.9 Å². The summed E-state index contributed by atoms with van der Waals surface area (Å²) in [5.74, 6) is 1.63. The van der Waals surface area contributed by atoms with Gasteiger partial charge in [0.25, 0.3) is 11.6 Å². The number of carbonyl (C=O) groups excluding carboxylic acids is 1. The van der Waals surface area contributed by atoms with E-state index in [0.717, 1.165) is 69.1 Å². The van der Waals surface area contributed by atoms with Crippen molar-refractivity contribution in [3.8, 4) is 0 Å². The van der Waals surface area contributed by atoms with Crippen LogP contribution in [-0.2, 0) is 19.4 Å². The molecule has 0 atom stereocenters. The van der Waals surface area contributed by atoms with Crippen LogP contribution in [0.2, 0.25) is 0 Å². The summed E-state index contributed by atoms with van der Waals surface area (Å²) in [7, 11) is 0. The maximum absolute atomic E-state index is 12.9. The zero-order valence-corrected chi connectivity index (χ0v) is 16.5. The van der Waals surface area contributed by atoms with Crippen molar-refractivity contribution in [2.75, 3.05) is 24.5 Å². The van der Waals surface area contributed by atoms with Crippen molar-refractivity contribution in [3.05, 3.63) is 45.5 Å². The number of fused-ring (bicyclic) bond motifs is 1. The highest BCUT2D eigenvalue weighted by atomic mass is 16.6. The molecule has 29 heavy (non-hydrogen) atoms. The number of non-ortho nitro benzene ring substituents is 1. The normalized spacial score (nSPS) is 16.3. The topological polar surface area (TPSA) is 106 Å². The second-order valence-electron chi connectivity index (χ2n) is 7.65. The summed E-state index contributed by atoms with van der Waals surface area (Å²) < 4.78 is 2.17. The molecule has 0 bridgehead atoms. The van der Waals surface area contributed by atoms with E-state index in [-0.39, 0.29) is 11.6 Å². The molecule has 1 fully saturated rings. The first-order chi connectivity index (χ1) is 14.1. The van der Waals surface area contributed by atoms with Gasteiger partial charge in [0.2, 0.25) is 0 Å². The van der Waals surface area contributed by atoms with Crippen molar-refractivity contribution in [1.29, 1.82) is 0 Å². The molecule has 0 saturated carbocycles. The number of amides is 1. The molecule has 1 aromatic heterocycles. The highest BCUT2D eigenvalue weighted by Gasteiger charge is 2.22. The van der Waals surface area contributed by atoms with Gasteiger partial charge in [-0.2, -0.15) is 0 Å². The molecular formula is C20H26N6O3. The van der Waals surface area contributed by atoms with Gasteiger partial charge in [-0.25, -0.2) is 0 Å². The van der Waals surface area contributed by atoms with Crippen molar-refractivity contribution in [1.82, 2.24) is 20.1 Å². The molecule has 1 amide bonds. The van der Waals surface area contributed by atoms with E-state index in [9.17, 15) is 14.9 Å². The lowest BCUT2D eigenvalue weighted by Crippen LogP contribution is -2.29. The fourth-order valence-electron chi connectivity index (χ4n) is 4.17. The molecule has 0 spiro atoms. The van der Waals surface area contributed by atoms with Crippen LogP contribution in [0.25, 0.3) is 0 Å². The second-order valence-corrected chi connectivity index (χ2v) is 7.65. The van der Waals surface area contributed by atoms with Gasteiger partial charge in [0, 0.05) is 51.2 Å². The zero-order chi connectivity index (χ0) is 20.2. The zero-order valence-electron chi connectivity index (χ0n) is 16.5. The van der Waals surface area contributed by atoms with Crippen LogP contribution in [-0.4, -0.2) is 45.2 Å². The number of benzene rings is 1. The molecule has 3 heterocycles. The Labute approximate surface area is 169 Å². The summed E-state index contributed by atoms with van der Waals surface area (Å²) in [6, 6.07) is 4.54. The Morgan fingerprint density at radius 1 is 1.10 bits per heavy atom. The molecular weight excluding hydrogens is 372 g/mol. The van der Waals surface area contributed by atoms with Gasteiger partial charge in [0.1, 0.15) is 11.6 Å². The van der Waals surface area contributed by atoms with Gasteiger partial charge >= 0.3 is 0 Å². The highest BCUT2D eigenvalue weighted by molar-refractivity contribution is 6.00. The van der Waals surface area contributed by atoms with Gasteiger partial charge in [-0.15, -0.1) is 10.2 Å². The van der Waals surface area contributed by atoms with E-state index in [1.165, 1.54) is 18.6 Å². The van der Waals surface area contributed by atoms with Gasteiger partial charge in [0.05, 0.1) is 16.2 Å². The van der Waals surface area contributed by atoms with Gasteiger partial charge in [0.15, 0.2) is 0 Å². The Kier molecular flexibility index (Phi) is 5.73. The third-order valence-corrected chi connectivity index (χ3v) is 5.70. The molecule has 0 unspecified atom stereocenters. The van der Waals surface area contributed by atoms with Crippen LogP contribution in [0.1, 0.15) is 54.1 Å². The molecule has 1 N–H and O–H groups in total. The maximum Gasteiger partial charge on any atom is 0.270 e. The number of hydrogen-bond acceptors (Lipinski definition) is 6. The minimum atomic E-state index is -0.462. The first-order valence-corrected chi connectivity index (χ1v) is 10.4. The molecule has 2 aliphatic rings. The molecule has 1 saturated heterocycles. The van der Waals surface area contributed by atoms with E-state index in [1.807, 2.05) is 0 Å². The monoisotopic (exact) mass is 398 g/mol. The lowest BCUT2D eigenvalue weighted by atomic mass is 10.1. The Morgan fingerprint density at radius 3 is 2.69 bits per heavy atom. The van der Waals surface area contributed by atoms with Crippen LogP contribution in [0.5, 0.6) is 0 Å². The fourth-order valence-corrected chi connectivity index (χ4v) is 4.17. The van der Waals surface area contributed by atoms with Crippen LogP contribution in [0.4, 0.5) is 11.4 Å². The molecule has 154 valence electrons.